The van der Waals surface area contributed by atoms with Crippen LogP contribution < -0.4 is 10.0 Å². The average Bonchev–Trinajstić information content (AvgIpc) is 2.65. The van der Waals surface area contributed by atoms with Gasteiger partial charge in [0.05, 0.1) is 4.90 Å². The largest absolute Gasteiger partial charge is 0.453 e. The van der Waals surface area contributed by atoms with Crippen LogP contribution in [0, 0.1) is 0 Å². The van der Waals surface area contributed by atoms with E-state index in [1.165, 1.54) is 6.92 Å². The van der Waals surface area contributed by atoms with E-state index < -0.39 is 22.1 Å². The molecule has 0 fully saturated rings. The van der Waals surface area contributed by atoms with Crippen LogP contribution in [0.5, 0.6) is 0 Å². The topological polar surface area (TPSA) is 102 Å². The number of carbonyl (C=O) groups is 2. The molecule has 2 aromatic rings. The highest BCUT2D eigenvalue weighted by Gasteiger charge is 2.17. The third-order valence-electron chi connectivity index (χ3n) is 3.91. The standard InChI is InChI=1S/C19H24N2O5S/c1-3-20-19(23)14(2)26-18(22)9-6-12-21-27(24,25)17-11-10-15-7-4-5-8-16(15)13-17/h4-5,7-8,10-11,13-14,21H,3,6,9,12H2,1-2H3,(H,20,23)/t14-/m1/s1. The van der Waals surface area contributed by atoms with E-state index in [1.807, 2.05) is 24.3 Å². The van der Waals surface area contributed by atoms with Crippen molar-refractivity contribution in [2.45, 2.75) is 37.7 Å². The van der Waals surface area contributed by atoms with Crippen LogP contribution in [0.1, 0.15) is 26.7 Å². The molecule has 0 radical (unpaired) electrons. The fourth-order valence-electron chi connectivity index (χ4n) is 2.48. The fraction of sp³-hybridized carbons (Fsp3) is 0.368. The Bertz CT molecular complexity index is 911. The maximum Gasteiger partial charge on any atom is 0.306 e. The molecule has 0 saturated carbocycles. The van der Waals surface area contributed by atoms with E-state index in [9.17, 15) is 18.0 Å². The Kier molecular flexibility index (Phi) is 7.32. The van der Waals surface area contributed by atoms with E-state index in [0.717, 1.165) is 10.8 Å². The van der Waals surface area contributed by atoms with E-state index in [2.05, 4.69) is 10.0 Å². The van der Waals surface area contributed by atoms with Gasteiger partial charge in [0.15, 0.2) is 6.10 Å². The van der Waals surface area contributed by atoms with Gasteiger partial charge < -0.3 is 10.1 Å². The quantitative estimate of drug-likeness (QED) is 0.502. The minimum absolute atomic E-state index is 0.0178. The Morgan fingerprint density at radius 2 is 1.81 bits per heavy atom. The van der Waals surface area contributed by atoms with Gasteiger partial charge in [-0.25, -0.2) is 13.1 Å². The van der Waals surface area contributed by atoms with Gasteiger partial charge in [-0.2, -0.15) is 0 Å². The van der Waals surface area contributed by atoms with Crippen LogP contribution in [0.4, 0.5) is 0 Å². The highest BCUT2D eigenvalue weighted by atomic mass is 32.2. The van der Waals surface area contributed by atoms with Crippen molar-refractivity contribution in [2.75, 3.05) is 13.1 Å². The van der Waals surface area contributed by atoms with Crippen molar-refractivity contribution < 1.29 is 22.7 Å². The summed E-state index contributed by atoms with van der Waals surface area (Å²) in [5.74, 6) is -0.901. The van der Waals surface area contributed by atoms with E-state index in [-0.39, 0.29) is 30.2 Å². The summed E-state index contributed by atoms with van der Waals surface area (Å²) in [6.45, 7) is 3.82. The van der Waals surface area contributed by atoms with Gasteiger partial charge in [-0.1, -0.05) is 30.3 Å². The number of ether oxygens (including phenoxy) is 1. The molecule has 0 saturated heterocycles. The summed E-state index contributed by atoms with van der Waals surface area (Å²) in [4.78, 5) is 23.4. The third kappa shape index (κ3) is 6.04. The van der Waals surface area contributed by atoms with E-state index in [0.29, 0.717) is 6.54 Å². The lowest BCUT2D eigenvalue weighted by Crippen LogP contribution is -2.35. The smallest absolute Gasteiger partial charge is 0.306 e. The molecule has 0 aliphatic rings. The lowest BCUT2D eigenvalue weighted by atomic mass is 10.1. The van der Waals surface area contributed by atoms with Crippen LogP contribution in [0.2, 0.25) is 0 Å². The minimum atomic E-state index is -3.66. The van der Waals surface area contributed by atoms with E-state index in [1.54, 1.807) is 25.1 Å². The molecule has 146 valence electrons. The molecule has 2 N–H and O–H groups in total. The number of hydrogen-bond acceptors (Lipinski definition) is 5. The first-order chi connectivity index (χ1) is 12.8. The number of amides is 1. The summed E-state index contributed by atoms with van der Waals surface area (Å²) in [5, 5.41) is 4.36. The Morgan fingerprint density at radius 3 is 2.52 bits per heavy atom. The number of rotatable bonds is 9. The lowest BCUT2D eigenvalue weighted by Gasteiger charge is -2.12. The number of hydrogen-bond donors (Lipinski definition) is 2. The molecule has 7 nitrogen and oxygen atoms in total. The van der Waals surface area contributed by atoms with Crippen LogP contribution in [-0.2, 0) is 24.3 Å². The molecule has 0 aliphatic heterocycles. The van der Waals surface area contributed by atoms with Crippen LogP contribution in [-0.4, -0.2) is 39.5 Å². The fourth-order valence-corrected chi connectivity index (χ4v) is 3.59. The van der Waals surface area contributed by atoms with Crippen molar-refractivity contribution in [3.05, 3.63) is 42.5 Å². The van der Waals surface area contributed by atoms with Crippen LogP contribution in [0.25, 0.3) is 10.8 Å². The predicted molar refractivity (Wildman–Crippen MR) is 103 cm³/mol. The normalized spacial score (nSPS) is 12.5. The number of carbonyl (C=O) groups excluding carboxylic acids is 2. The average molecular weight is 392 g/mol. The number of sulfonamides is 1. The van der Waals surface area contributed by atoms with Crippen molar-refractivity contribution in [3.63, 3.8) is 0 Å². The maximum atomic E-state index is 12.4. The highest BCUT2D eigenvalue weighted by Crippen LogP contribution is 2.18. The highest BCUT2D eigenvalue weighted by molar-refractivity contribution is 7.89. The Balaban J connectivity index is 1.83. The summed E-state index contributed by atoms with van der Waals surface area (Å²) < 4.78 is 32.2. The molecule has 2 rings (SSSR count). The summed E-state index contributed by atoms with van der Waals surface area (Å²) in [7, 11) is -3.66. The summed E-state index contributed by atoms with van der Waals surface area (Å²) in [6, 6.07) is 12.4. The molecule has 2 aromatic carbocycles. The van der Waals surface area contributed by atoms with Crippen molar-refractivity contribution in [2.24, 2.45) is 0 Å². The Morgan fingerprint density at radius 1 is 1.11 bits per heavy atom. The van der Waals surface area contributed by atoms with Crippen LogP contribution in [0.15, 0.2) is 47.4 Å². The van der Waals surface area contributed by atoms with Crippen molar-refractivity contribution in [1.29, 1.82) is 0 Å². The van der Waals surface area contributed by atoms with Gasteiger partial charge in [-0.05, 0) is 43.2 Å². The van der Waals surface area contributed by atoms with Crippen molar-refractivity contribution in [3.8, 4) is 0 Å². The monoisotopic (exact) mass is 392 g/mol. The molecule has 0 heterocycles. The number of nitrogens with one attached hydrogen (secondary N) is 2. The summed E-state index contributed by atoms with van der Waals surface area (Å²) >= 11 is 0. The molecule has 1 amide bonds. The Labute approximate surface area is 159 Å². The van der Waals surface area contributed by atoms with Gasteiger partial charge in [0.25, 0.3) is 5.91 Å². The number of likely N-dealkylation sites (N-methyl/N-ethyl adjacent to an activating group) is 1. The Hall–Kier alpha value is -2.45. The molecule has 0 unspecified atom stereocenters. The first-order valence-corrected chi connectivity index (χ1v) is 10.3. The minimum Gasteiger partial charge on any atom is -0.453 e. The molecular formula is C19H24N2O5S. The summed E-state index contributed by atoms with van der Waals surface area (Å²) in [5.41, 5.74) is 0. The molecule has 27 heavy (non-hydrogen) atoms. The SMILES string of the molecule is CCNC(=O)[C@@H](C)OC(=O)CCCNS(=O)(=O)c1ccc2ccccc2c1. The van der Waals surface area contributed by atoms with Gasteiger partial charge in [0.1, 0.15) is 0 Å². The molecule has 8 heteroatoms. The zero-order valence-corrected chi connectivity index (χ0v) is 16.2. The lowest BCUT2D eigenvalue weighted by molar-refractivity contribution is -0.154. The predicted octanol–water partition coefficient (Wildman–Crippen LogP) is 1.97. The van der Waals surface area contributed by atoms with Crippen LogP contribution >= 0.6 is 0 Å². The summed E-state index contributed by atoms with van der Waals surface area (Å²) in [6.07, 6.45) is -0.579. The molecule has 0 aliphatic carbocycles. The van der Waals surface area contributed by atoms with Crippen molar-refractivity contribution >= 4 is 32.7 Å². The zero-order valence-electron chi connectivity index (χ0n) is 15.4. The van der Waals surface area contributed by atoms with Gasteiger partial charge in [0, 0.05) is 19.5 Å². The molecular weight excluding hydrogens is 368 g/mol. The maximum absolute atomic E-state index is 12.4. The van der Waals surface area contributed by atoms with Gasteiger partial charge in [0.2, 0.25) is 10.0 Å². The molecule has 0 bridgehead atoms. The van der Waals surface area contributed by atoms with Gasteiger partial charge in [-0.15, -0.1) is 0 Å². The van der Waals surface area contributed by atoms with Gasteiger partial charge >= 0.3 is 5.97 Å². The van der Waals surface area contributed by atoms with Crippen LogP contribution in [0.3, 0.4) is 0 Å². The number of benzene rings is 2. The third-order valence-corrected chi connectivity index (χ3v) is 5.37. The first kappa shape index (κ1) is 20.9. The molecule has 1 atom stereocenters. The second-order valence-corrected chi connectivity index (χ2v) is 7.80. The molecule has 0 spiro atoms. The zero-order chi connectivity index (χ0) is 19.9. The number of esters is 1. The van der Waals surface area contributed by atoms with Gasteiger partial charge in [-0.3, -0.25) is 9.59 Å². The van der Waals surface area contributed by atoms with Crippen molar-refractivity contribution in [1.82, 2.24) is 10.0 Å². The van der Waals surface area contributed by atoms with E-state index in [4.69, 9.17) is 4.74 Å². The second-order valence-electron chi connectivity index (χ2n) is 6.04. The molecule has 0 aromatic heterocycles. The van der Waals surface area contributed by atoms with E-state index >= 15 is 0 Å². The first-order valence-electron chi connectivity index (χ1n) is 8.79. The second kappa shape index (κ2) is 9.48. The number of fused-ring (bicyclic) bond motifs is 1.